The smallest absolute Gasteiger partial charge is 0.262 e. The number of halogens is 3. The number of nitrogens with two attached hydrogens (primary N) is 1. The fourth-order valence-electron chi connectivity index (χ4n) is 1.50. The molecular formula is C12H24Cl3N2O+. The summed E-state index contributed by atoms with van der Waals surface area (Å²) in [4.78, 5) is 11.8. The van der Waals surface area contributed by atoms with Crippen molar-refractivity contribution in [3.8, 4) is 0 Å². The Kier molecular flexibility index (Phi) is 7.91. The fourth-order valence-corrected chi connectivity index (χ4v) is 1.85. The minimum atomic E-state index is -1.52. The van der Waals surface area contributed by atoms with E-state index in [9.17, 15) is 4.79 Å². The second-order valence-corrected chi connectivity index (χ2v) is 7.95. The summed E-state index contributed by atoms with van der Waals surface area (Å²) < 4.78 is -1.52. The van der Waals surface area contributed by atoms with Crippen LogP contribution in [0.3, 0.4) is 0 Å². The normalized spacial score (nSPS) is 14.4. The van der Waals surface area contributed by atoms with E-state index in [2.05, 4.69) is 12.2 Å². The molecule has 0 heterocycles. The molecule has 0 bridgehead atoms. The number of hydrogen-bond acceptors (Lipinski definition) is 1. The molecule has 0 saturated heterocycles. The summed E-state index contributed by atoms with van der Waals surface area (Å²) in [5, 5.41) is 4.64. The van der Waals surface area contributed by atoms with Crippen LogP contribution < -0.4 is 10.6 Å². The number of amides is 1. The van der Waals surface area contributed by atoms with Gasteiger partial charge in [0.15, 0.2) is 0 Å². The van der Waals surface area contributed by atoms with Crippen LogP contribution in [0.15, 0.2) is 0 Å². The Bertz CT molecular complexity index is 259. The van der Waals surface area contributed by atoms with Gasteiger partial charge in [0.2, 0.25) is 12.1 Å². The third kappa shape index (κ3) is 9.26. The maximum atomic E-state index is 11.8. The predicted octanol–water partition coefficient (Wildman–Crippen LogP) is 2.74. The average Bonchev–Trinajstić information content (AvgIpc) is 2.13. The molecule has 0 aromatic carbocycles. The van der Waals surface area contributed by atoms with Crippen molar-refractivity contribution in [2.24, 2.45) is 0 Å². The van der Waals surface area contributed by atoms with Crippen molar-refractivity contribution < 1.29 is 10.1 Å². The minimum Gasteiger partial charge on any atom is -0.319 e. The molecule has 0 rings (SSSR count). The number of quaternary nitrogens is 1. The average molecular weight is 319 g/mol. The number of nitrogens with one attached hydrogen (secondary N) is 1. The van der Waals surface area contributed by atoms with Gasteiger partial charge >= 0.3 is 0 Å². The highest BCUT2D eigenvalue weighted by Crippen LogP contribution is 2.27. The summed E-state index contributed by atoms with van der Waals surface area (Å²) in [6.45, 7) is 8.09. The SMILES string of the molecule is CCCCCC(=O)N[C@@H]([NH2+]C(C)(C)C)C(Cl)(Cl)Cl. The van der Waals surface area contributed by atoms with Crippen molar-refractivity contribution in [2.45, 2.75) is 68.9 Å². The molecule has 0 aliphatic heterocycles. The van der Waals surface area contributed by atoms with Crippen LogP contribution >= 0.6 is 34.8 Å². The van der Waals surface area contributed by atoms with Crippen molar-refractivity contribution in [3.63, 3.8) is 0 Å². The molecule has 0 saturated carbocycles. The van der Waals surface area contributed by atoms with Crippen molar-refractivity contribution >= 4 is 40.7 Å². The van der Waals surface area contributed by atoms with Gasteiger partial charge in [0.05, 0.1) is 5.54 Å². The lowest BCUT2D eigenvalue weighted by Gasteiger charge is -2.29. The van der Waals surface area contributed by atoms with Crippen molar-refractivity contribution in [2.75, 3.05) is 0 Å². The van der Waals surface area contributed by atoms with E-state index in [0.717, 1.165) is 19.3 Å². The maximum Gasteiger partial charge on any atom is 0.262 e. The fraction of sp³-hybridized carbons (Fsp3) is 0.917. The van der Waals surface area contributed by atoms with Crippen LogP contribution in [0.5, 0.6) is 0 Å². The lowest BCUT2D eigenvalue weighted by Crippen LogP contribution is -3.03. The minimum absolute atomic E-state index is 0.0692. The van der Waals surface area contributed by atoms with E-state index in [0.29, 0.717) is 6.42 Å². The van der Waals surface area contributed by atoms with Crippen LogP contribution in [-0.2, 0) is 4.79 Å². The number of alkyl halides is 3. The van der Waals surface area contributed by atoms with E-state index in [-0.39, 0.29) is 11.4 Å². The first-order valence-electron chi connectivity index (χ1n) is 6.28. The summed E-state index contributed by atoms with van der Waals surface area (Å²) in [5.74, 6) is -0.0692. The third-order valence-corrected chi connectivity index (χ3v) is 3.05. The molecule has 3 nitrogen and oxygen atoms in total. The summed E-state index contributed by atoms with van der Waals surface area (Å²) in [6, 6.07) is 0. The molecule has 1 atom stereocenters. The number of hydrogen-bond donors (Lipinski definition) is 2. The van der Waals surface area contributed by atoms with Gasteiger partial charge in [0.1, 0.15) is 0 Å². The van der Waals surface area contributed by atoms with Crippen LogP contribution in [0.2, 0.25) is 0 Å². The number of carbonyl (C=O) groups is 1. The van der Waals surface area contributed by atoms with Gasteiger partial charge < -0.3 is 10.6 Å². The summed E-state index contributed by atoms with van der Waals surface area (Å²) >= 11 is 17.7. The second-order valence-electron chi connectivity index (χ2n) is 5.58. The largest absolute Gasteiger partial charge is 0.319 e. The molecule has 0 unspecified atom stereocenters. The second kappa shape index (κ2) is 7.78. The van der Waals surface area contributed by atoms with Gasteiger partial charge in [0, 0.05) is 6.42 Å². The molecule has 0 spiro atoms. The van der Waals surface area contributed by atoms with Gasteiger partial charge in [-0.1, -0.05) is 54.6 Å². The molecule has 0 aromatic heterocycles. The molecule has 0 fully saturated rings. The Balaban J connectivity index is 4.38. The highest BCUT2D eigenvalue weighted by atomic mass is 35.6. The van der Waals surface area contributed by atoms with Crippen LogP contribution in [0, 0.1) is 0 Å². The van der Waals surface area contributed by atoms with Crippen LogP contribution in [0.4, 0.5) is 0 Å². The number of unbranched alkanes of at least 4 members (excludes halogenated alkanes) is 2. The molecule has 1 amide bonds. The van der Waals surface area contributed by atoms with Gasteiger partial charge in [-0.15, -0.1) is 0 Å². The first-order chi connectivity index (χ1) is 8.06. The molecule has 0 aromatic rings. The number of rotatable bonds is 6. The topological polar surface area (TPSA) is 45.7 Å². The van der Waals surface area contributed by atoms with E-state index in [1.54, 1.807) is 0 Å². The van der Waals surface area contributed by atoms with Gasteiger partial charge in [-0.05, 0) is 27.2 Å². The van der Waals surface area contributed by atoms with Crippen molar-refractivity contribution in [1.29, 1.82) is 0 Å². The van der Waals surface area contributed by atoms with Gasteiger partial charge in [-0.25, -0.2) is 0 Å². The summed E-state index contributed by atoms with van der Waals surface area (Å²) in [7, 11) is 0. The van der Waals surface area contributed by atoms with Crippen molar-refractivity contribution in [1.82, 2.24) is 5.32 Å². The molecule has 6 heteroatoms. The quantitative estimate of drug-likeness (QED) is 0.441. The zero-order valence-electron chi connectivity index (χ0n) is 11.5. The predicted molar refractivity (Wildman–Crippen MR) is 78.0 cm³/mol. The van der Waals surface area contributed by atoms with E-state index < -0.39 is 9.96 Å². The van der Waals surface area contributed by atoms with Gasteiger partial charge in [0.25, 0.3) is 3.79 Å². The van der Waals surface area contributed by atoms with Crippen molar-refractivity contribution in [3.05, 3.63) is 0 Å². The molecule has 0 aliphatic rings. The van der Waals surface area contributed by atoms with E-state index >= 15 is 0 Å². The van der Waals surface area contributed by atoms with Crippen LogP contribution in [0.1, 0.15) is 53.4 Å². The molecule has 0 radical (unpaired) electrons. The lowest BCUT2D eigenvalue weighted by molar-refractivity contribution is -0.749. The highest BCUT2D eigenvalue weighted by molar-refractivity contribution is 6.68. The first-order valence-corrected chi connectivity index (χ1v) is 7.41. The molecule has 3 N–H and O–H groups in total. The zero-order chi connectivity index (χ0) is 14.4. The monoisotopic (exact) mass is 317 g/mol. The van der Waals surface area contributed by atoms with E-state index in [1.807, 2.05) is 26.1 Å². The van der Waals surface area contributed by atoms with Crippen LogP contribution in [0.25, 0.3) is 0 Å². The van der Waals surface area contributed by atoms with Crippen LogP contribution in [-0.4, -0.2) is 21.4 Å². The first kappa shape index (κ1) is 18.3. The third-order valence-electron chi connectivity index (χ3n) is 2.34. The van der Waals surface area contributed by atoms with E-state index in [4.69, 9.17) is 34.8 Å². The standard InChI is InChI=1S/C12H23Cl3N2O/c1-5-6-7-8-9(18)16-10(12(13,14)15)17-11(2,3)4/h10,17H,5-8H2,1-4H3,(H,16,18)/p+1/t10-/m0/s1. The molecule has 0 aliphatic carbocycles. The summed E-state index contributed by atoms with van der Waals surface area (Å²) in [6.07, 6.45) is 2.88. The number of carbonyl (C=O) groups excluding carboxylic acids is 1. The van der Waals surface area contributed by atoms with E-state index in [1.165, 1.54) is 0 Å². The van der Waals surface area contributed by atoms with Gasteiger partial charge in [-0.2, -0.15) is 0 Å². The molecule has 108 valence electrons. The van der Waals surface area contributed by atoms with Gasteiger partial charge in [-0.3, -0.25) is 4.79 Å². The molecule has 18 heavy (non-hydrogen) atoms. The Morgan fingerprint density at radius 1 is 1.22 bits per heavy atom. The molecular weight excluding hydrogens is 295 g/mol. The Morgan fingerprint density at radius 3 is 2.17 bits per heavy atom. The summed E-state index contributed by atoms with van der Waals surface area (Å²) in [5.41, 5.74) is -0.134. The lowest BCUT2D eigenvalue weighted by atomic mass is 10.1. The zero-order valence-corrected chi connectivity index (χ0v) is 13.8. The Labute approximate surface area is 125 Å². The Hall–Kier alpha value is 0.300. The Morgan fingerprint density at radius 2 is 1.78 bits per heavy atom. The highest BCUT2D eigenvalue weighted by Gasteiger charge is 2.39. The maximum absolute atomic E-state index is 11.8.